The topological polar surface area (TPSA) is 80.6 Å². The number of ether oxygens (including phenoxy) is 3. The summed E-state index contributed by atoms with van der Waals surface area (Å²) in [4.78, 5) is 21.6. The van der Waals surface area contributed by atoms with Gasteiger partial charge in [-0.1, -0.05) is 54.6 Å². The maximum absolute atomic E-state index is 14.5. The number of hydrogen-bond donors (Lipinski definition) is 1. The molecule has 1 saturated heterocycles. The minimum Gasteiger partial charge on any atom is -0.497 e. The Balaban J connectivity index is 1.55. The molecule has 3 aromatic carbocycles. The molecule has 0 saturated carbocycles. The third-order valence-corrected chi connectivity index (χ3v) is 7.59. The molecule has 1 amide bonds. The van der Waals surface area contributed by atoms with Gasteiger partial charge in [0.2, 0.25) is 5.90 Å². The molecule has 1 N–H and O–H groups in total. The van der Waals surface area contributed by atoms with Crippen molar-refractivity contribution in [3.05, 3.63) is 102 Å². The quantitative estimate of drug-likeness (QED) is 0.302. The Kier molecular flexibility index (Phi) is 9.36. The maximum atomic E-state index is 14.5. The number of aliphatic imine (C=N–C) groups is 1. The van der Waals surface area contributed by atoms with Crippen LogP contribution in [-0.4, -0.2) is 60.8 Å². The summed E-state index contributed by atoms with van der Waals surface area (Å²) in [6.45, 7) is 1.96. The van der Waals surface area contributed by atoms with Crippen molar-refractivity contribution >= 4 is 17.9 Å². The molecule has 0 bridgehead atoms. The summed E-state index contributed by atoms with van der Waals surface area (Å²) >= 11 is 0. The number of aliphatic hydroxyl groups excluding tert-OH is 1. The Labute approximate surface area is 242 Å². The first-order chi connectivity index (χ1) is 20.1. The van der Waals surface area contributed by atoms with Crippen LogP contribution in [0.25, 0.3) is 6.08 Å². The molecule has 41 heavy (non-hydrogen) atoms. The van der Waals surface area contributed by atoms with Gasteiger partial charge in [0.25, 0.3) is 5.91 Å². The van der Waals surface area contributed by atoms with Crippen molar-refractivity contribution in [3.63, 3.8) is 0 Å². The molecule has 0 aliphatic carbocycles. The van der Waals surface area contributed by atoms with E-state index in [2.05, 4.69) is 0 Å². The largest absolute Gasteiger partial charge is 0.497 e. The highest BCUT2D eigenvalue weighted by atomic mass is 16.5. The molecule has 3 aromatic rings. The van der Waals surface area contributed by atoms with E-state index in [-0.39, 0.29) is 12.5 Å². The van der Waals surface area contributed by atoms with Crippen LogP contribution >= 0.6 is 0 Å². The average Bonchev–Trinajstić information content (AvgIpc) is 3.43. The van der Waals surface area contributed by atoms with E-state index in [1.54, 1.807) is 7.11 Å². The Morgan fingerprint density at radius 3 is 2.54 bits per heavy atom. The van der Waals surface area contributed by atoms with Gasteiger partial charge in [-0.2, -0.15) is 0 Å². The predicted molar refractivity (Wildman–Crippen MR) is 160 cm³/mol. The number of aliphatic hydroxyl groups is 1. The molecule has 7 nitrogen and oxygen atoms in total. The lowest BCUT2D eigenvalue weighted by Crippen LogP contribution is -2.51. The number of benzene rings is 3. The van der Waals surface area contributed by atoms with Crippen LogP contribution < -0.4 is 9.47 Å². The number of methoxy groups -OCH3 is 1. The van der Waals surface area contributed by atoms with Crippen LogP contribution in [0, 0.1) is 0 Å². The van der Waals surface area contributed by atoms with Crippen LogP contribution in [0.3, 0.4) is 0 Å². The fraction of sp³-hybridized carbons (Fsp3) is 0.353. The zero-order chi connectivity index (χ0) is 28.5. The molecule has 1 fully saturated rings. The van der Waals surface area contributed by atoms with Gasteiger partial charge in [-0.05, 0) is 66.8 Å². The van der Waals surface area contributed by atoms with Crippen LogP contribution in [0.4, 0.5) is 0 Å². The number of hydrogen-bond acceptors (Lipinski definition) is 6. The van der Waals surface area contributed by atoms with E-state index in [4.69, 9.17) is 24.3 Å². The van der Waals surface area contributed by atoms with Gasteiger partial charge < -0.3 is 24.2 Å². The van der Waals surface area contributed by atoms with E-state index in [1.807, 2.05) is 95.9 Å². The van der Waals surface area contributed by atoms with Gasteiger partial charge in [-0.25, -0.2) is 4.99 Å². The predicted octanol–water partition coefficient (Wildman–Crippen LogP) is 5.83. The van der Waals surface area contributed by atoms with Crippen molar-refractivity contribution in [3.8, 4) is 11.5 Å². The van der Waals surface area contributed by atoms with Crippen molar-refractivity contribution in [2.75, 3.05) is 33.4 Å². The summed E-state index contributed by atoms with van der Waals surface area (Å²) in [5.41, 5.74) is 1.49. The summed E-state index contributed by atoms with van der Waals surface area (Å²) in [7, 11) is 1.63. The average molecular weight is 555 g/mol. The van der Waals surface area contributed by atoms with E-state index >= 15 is 0 Å². The van der Waals surface area contributed by atoms with Gasteiger partial charge in [0.1, 0.15) is 11.5 Å². The smallest absolute Gasteiger partial charge is 0.255 e. The van der Waals surface area contributed by atoms with Crippen LogP contribution in [0.15, 0.2) is 89.9 Å². The third kappa shape index (κ3) is 6.63. The summed E-state index contributed by atoms with van der Waals surface area (Å²) in [6.07, 6.45) is 7.49. The highest BCUT2D eigenvalue weighted by Crippen LogP contribution is 2.45. The van der Waals surface area contributed by atoms with E-state index in [9.17, 15) is 4.79 Å². The minimum atomic E-state index is -1.18. The number of carbonyl (C=O) groups excluding carboxylic acids is 1. The zero-order valence-corrected chi connectivity index (χ0v) is 23.6. The number of nitrogens with zero attached hydrogens (tertiary/aromatic N) is 2. The van der Waals surface area contributed by atoms with Gasteiger partial charge in [0.15, 0.2) is 11.6 Å². The van der Waals surface area contributed by atoms with Crippen molar-refractivity contribution in [1.82, 2.24) is 4.90 Å². The van der Waals surface area contributed by atoms with Gasteiger partial charge in [0.05, 0.1) is 13.7 Å². The fourth-order valence-corrected chi connectivity index (χ4v) is 5.41. The Morgan fingerprint density at radius 2 is 1.80 bits per heavy atom. The van der Waals surface area contributed by atoms with E-state index < -0.39 is 11.6 Å². The lowest BCUT2D eigenvalue weighted by molar-refractivity contribution is -0.140. The van der Waals surface area contributed by atoms with Crippen molar-refractivity contribution in [2.45, 2.75) is 43.7 Å². The van der Waals surface area contributed by atoms with Crippen LogP contribution in [0.2, 0.25) is 0 Å². The SMILES string of the molecule is COc1cccc([C@H]2OC(c3ccc(OCCCO)cc3)=N[C@@]2(C/C=C/c2ccccc2)C(=O)N2CCCCC2)c1. The van der Waals surface area contributed by atoms with Gasteiger partial charge in [-0.3, -0.25) is 4.79 Å². The minimum absolute atomic E-state index is 0.0123. The molecule has 2 heterocycles. The number of carbonyl (C=O) groups is 1. The zero-order valence-electron chi connectivity index (χ0n) is 23.6. The summed E-state index contributed by atoms with van der Waals surface area (Å²) in [5, 5.41) is 9.04. The lowest BCUT2D eigenvalue weighted by Gasteiger charge is -2.36. The first-order valence-corrected chi connectivity index (χ1v) is 14.4. The van der Waals surface area contributed by atoms with E-state index in [0.717, 1.165) is 49.0 Å². The molecule has 2 aliphatic rings. The normalized spacial score (nSPS) is 20.5. The molecule has 0 unspecified atom stereocenters. The Morgan fingerprint density at radius 1 is 1.02 bits per heavy atom. The number of rotatable bonds is 11. The second kappa shape index (κ2) is 13.5. The Bertz CT molecular complexity index is 1350. The first-order valence-electron chi connectivity index (χ1n) is 14.4. The fourth-order valence-electron chi connectivity index (χ4n) is 5.41. The monoisotopic (exact) mass is 554 g/mol. The molecule has 214 valence electrons. The maximum Gasteiger partial charge on any atom is 0.255 e. The molecule has 2 atom stereocenters. The number of piperidine rings is 1. The molecular formula is C34H38N2O5. The number of amides is 1. The van der Waals surface area contributed by atoms with E-state index in [0.29, 0.717) is 36.8 Å². The second-order valence-electron chi connectivity index (χ2n) is 10.4. The summed E-state index contributed by atoms with van der Waals surface area (Å²) < 4.78 is 17.9. The molecule has 0 spiro atoms. The van der Waals surface area contributed by atoms with Gasteiger partial charge in [-0.15, -0.1) is 0 Å². The highest BCUT2D eigenvalue weighted by molar-refractivity contribution is 6.01. The summed E-state index contributed by atoms with van der Waals surface area (Å²) in [5.74, 6) is 1.81. The van der Waals surface area contributed by atoms with Gasteiger partial charge in [0, 0.05) is 38.1 Å². The molecular weight excluding hydrogens is 516 g/mol. The lowest BCUT2D eigenvalue weighted by atomic mass is 9.83. The molecule has 2 aliphatic heterocycles. The highest BCUT2D eigenvalue weighted by Gasteiger charge is 2.54. The first kappa shape index (κ1) is 28.4. The van der Waals surface area contributed by atoms with Crippen molar-refractivity contribution in [1.29, 1.82) is 0 Å². The van der Waals surface area contributed by atoms with Crippen molar-refractivity contribution in [2.24, 2.45) is 4.99 Å². The van der Waals surface area contributed by atoms with Crippen LogP contribution in [-0.2, 0) is 9.53 Å². The van der Waals surface area contributed by atoms with Crippen LogP contribution in [0.5, 0.6) is 11.5 Å². The molecule has 0 aromatic heterocycles. The van der Waals surface area contributed by atoms with E-state index in [1.165, 1.54) is 0 Å². The van der Waals surface area contributed by atoms with Gasteiger partial charge >= 0.3 is 0 Å². The van der Waals surface area contributed by atoms with Crippen molar-refractivity contribution < 1.29 is 24.1 Å². The second-order valence-corrected chi connectivity index (χ2v) is 10.4. The number of likely N-dealkylation sites (tertiary alicyclic amines) is 1. The Hall–Kier alpha value is -4.10. The van der Waals surface area contributed by atoms with Crippen LogP contribution in [0.1, 0.15) is 54.9 Å². The standard InChI is InChI=1S/C34H38N2O5/c1-39-30-15-8-14-28(25-30)31-34(33(38)36-21-6-3-7-22-36,20-9-13-26-11-4-2-5-12-26)35-32(41-31)27-16-18-29(19-17-27)40-24-10-23-37/h2,4-5,8-9,11-19,25,31,37H,3,6-7,10,20-24H2,1H3/b13-9+/t31-,34-/m1/s1. The molecule has 5 rings (SSSR count). The third-order valence-electron chi connectivity index (χ3n) is 7.59. The molecule has 7 heteroatoms. The molecule has 0 radical (unpaired) electrons. The summed E-state index contributed by atoms with van der Waals surface area (Å²) in [6, 6.07) is 25.3.